The number of fused-ring (bicyclic) bond motifs is 2. The highest BCUT2D eigenvalue weighted by molar-refractivity contribution is 9.10. The normalized spacial score (nSPS) is 11.4. The van der Waals surface area contributed by atoms with E-state index in [2.05, 4.69) is 75.5 Å². The molecule has 0 aliphatic carbocycles. The third-order valence-electron chi connectivity index (χ3n) is 5.12. The van der Waals surface area contributed by atoms with Crippen LogP contribution < -0.4 is 10.5 Å². The second-order valence-electron chi connectivity index (χ2n) is 6.75. The molecule has 0 unspecified atom stereocenters. The van der Waals surface area contributed by atoms with E-state index in [0.717, 1.165) is 58.2 Å². The van der Waals surface area contributed by atoms with E-state index in [1.165, 1.54) is 16.3 Å². The van der Waals surface area contributed by atoms with Crippen LogP contribution in [0.4, 0.5) is 0 Å². The van der Waals surface area contributed by atoms with Gasteiger partial charge in [0.2, 0.25) is 0 Å². The van der Waals surface area contributed by atoms with E-state index in [1.54, 1.807) is 7.11 Å². The molecule has 0 fully saturated rings. The molecule has 0 saturated carbocycles. The van der Waals surface area contributed by atoms with Crippen molar-refractivity contribution in [1.82, 2.24) is 4.98 Å². The molecule has 4 rings (SSSR count). The minimum atomic E-state index is 0.723. The van der Waals surface area contributed by atoms with Crippen LogP contribution in [0.3, 0.4) is 0 Å². The lowest BCUT2D eigenvalue weighted by Crippen LogP contribution is -1.99. The molecule has 0 aliphatic heterocycles. The second-order valence-corrected chi connectivity index (χ2v) is 7.61. The molecule has 27 heavy (non-hydrogen) atoms. The number of unbranched alkanes of at least 4 members (excludes halogenated alkanes) is 1. The Morgan fingerprint density at radius 1 is 0.963 bits per heavy atom. The van der Waals surface area contributed by atoms with Gasteiger partial charge in [-0.2, -0.15) is 0 Å². The van der Waals surface area contributed by atoms with E-state index < -0.39 is 0 Å². The Morgan fingerprint density at radius 2 is 1.78 bits per heavy atom. The Kier molecular flexibility index (Phi) is 5.19. The van der Waals surface area contributed by atoms with Crippen molar-refractivity contribution in [2.24, 2.45) is 5.73 Å². The van der Waals surface area contributed by atoms with Crippen molar-refractivity contribution in [2.75, 3.05) is 13.7 Å². The minimum Gasteiger partial charge on any atom is -0.495 e. The van der Waals surface area contributed by atoms with Gasteiger partial charge in [-0.25, -0.2) is 0 Å². The van der Waals surface area contributed by atoms with Gasteiger partial charge in [-0.1, -0.05) is 42.5 Å². The number of rotatable bonds is 6. The summed E-state index contributed by atoms with van der Waals surface area (Å²) >= 11 is 3.69. The summed E-state index contributed by atoms with van der Waals surface area (Å²) in [5.74, 6) is 0.913. The van der Waals surface area contributed by atoms with Gasteiger partial charge in [0.25, 0.3) is 0 Å². The highest BCUT2D eigenvalue weighted by atomic mass is 79.9. The van der Waals surface area contributed by atoms with Gasteiger partial charge in [0, 0.05) is 20.8 Å². The topological polar surface area (TPSA) is 51.0 Å². The van der Waals surface area contributed by atoms with Crippen molar-refractivity contribution in [3.63, 3.8) is 0 Å². The van der Waals surface area contributed by atoms with E-state index in [0.29, 0.717) is 0 Å². The Bertz CT molecular complexity index is 1100. The molecule has 3 aromatic carbocycles. The zero-order valence-corrected chi connectivity index (χ0v) is 17.0. The predicted molar refractivity (Wildman–Crippen MR) is 117 cm³/mol. The number of hydrogen-bond acceptors (Lipinski definition) is 2. The number of H-pyrrole nitrogens is 1. The van der Waals surface area contributed by atoms with Crippen LogP contribution in [0.1, 0.15) is 18.4 Å². The maximum Gasteiger partial charge on any atom is 0.136 e. The van der Waals surface area contributed by atoms with Gasteiger partial charge in [0.15, 0.2) is 0 Å². The number of benzene rings is 3. The first-order chi connectivity index (χ1) is 13.2. The van der Waals surface area contributed by atoms with Gasteiger partial charge in [-0.15, -0.1) is 0 Å². The van der Waals surface area contributed by atoms with Gasteiger partial charge in [-0.3, -0.25) is 0 Å². The lowest BCUT2D eigenvalue weighted by molar-refractivity contribution is 0.421. The highest BCUT2D eigenvalue weighted by Gasteiger charge is 2.18. The van der Waals surface area contributed by atoms with Crippen molar-refractivity contribution >= 4 is 37.6 Å². The van der Waals surface area contributed by atoms with E-state index in [9.17, 15) is 0 Å². The first-order valence-corrected chi connectivity index (χ1v) is 10.1. The quantitative estimate of drug-likeness (QED) is 0.372. The molecule has 4 heteroatoms. The van der Waals surface area contributed by atoms with E-state index >= 15 is 0 Å². The van der Waals surface area contributed by atoms with E-state index in [1.807, 2.05) is 0 Å². The first kappa shape index (κ1) is 18.1. The van der Waals surface area contributed by atoms with Crippen LogP contribution >= 0.6 is 15.9 Å². The summed E-state index contributed by atoms with van der Waals surface area (Å²) in [5, 5.41) is 3.56. The predicted octanol–water partition coefficient (Wildman–Crippen LogP) is 6.04. The molecule has 1 heterocycles. The number of para-hydroxylation sites is 1. The molecule has 3 N–H and O–H groups in total. The number of nitrogens with one attached hydrogen (secondary N) is 1. The summed E-state index contributed by atoms with van der Waals surface area (Å²) in [6, 6.07) is 19.0. The number of methoxy groups -OCH3 is 1. The standard InChI is InChI=1S/C23H23BrN2O/c1-27-23-16-8-3-2-7-15(16)12-13-19(23)21-17(9-4-5-14-25)18-10-6-11-20(24)22(18)26-21/h2-3,6-8,10-13,26H,4-5,9,14,25H2,1H3. The lowest BCUT2D eigenvalue weighted by atomic mass is 9.97. The molecule has 4 aromatic rings. The minimum absolute atomic E-state index is 0.723. The molecule has 0 radical (unpaired) electrons. The van der Waals surface area contributed by atoms with Crippen LogP contribution in [0, 0.1) is 0 Å². The second kappa shape index (κ2) is 7.75. The lowest BCUT2D eigenvalue weighted by Gasteiger charge is -2.13. The summed E-state index contributed by atoms with van der Waals surface area (Å²) in [6.45, 7) is 0.723. The maximum absolute atomic E-state index is 5.87. The zero-order valence-electron chi connectivity index (χ0n) is 15.4. The smallest absolute Gasteiger partial charge is 0.136 e. The van der Waals surface area contributed by atoms with Crippen molar-refractivity contribution < 1.29 is 4.74 Å². The van der Waals surface area contributed by atoms with Crippen LogP contribution in [0.25, 0.3) is 32.9 Å². The fourth-order valence-corrected chi connectivity index (χ4v) is 4.30. The molecule has 0 aliphatic rings. The molecule has 0 spiro atoms. The molecule has 1 aromatic heterocycles. The number of hydrogen-bond donors (Lipinski definition) is 2. The molecule has 3 nitrogen and oxygen atoms in total. The van der Waals surface area contributed by atoms with Gasteiger partial charge in [0.05, 0.1) is 18.3 Å². The van der Waals surface area contributed by atoms with Crippen molar-refractivity contribution in [3.8, 4) is 17.0 Å². The Labute approximate surface area is 167 Å². The SMILES string of the molecule is COc1c(-c2[nH]c3c(Br)cccc3c2CCCCN)ccc2ccccc12. The fraction of sp³-hybridized carbons (Fsp3) is 0.217. The molecular formula is C23H23BrN2O. The van der Waals surface area contributed by atoms with Gasteiger partial charge < -0.3 is 15.5 Å². The molecule has 138 valence electrons. The van der Waals surface area contributed by atoms with Gasteiger partial charge in [0.1, 0.15) is 5.75 Å². The third-order valence-corrected chi connectivity index (χ3v) is 5.79. The van der Waals surface area contributed by atoms with E-state index in [-0.39, 0.29) is 0 Å². The first-order valence-electron chi connectivity index (χ1n) is 9.30. The van der Waals surface area contributed by atoms with Crippen LogP contribution in [-0.2, 0) is 6.42 Å². The number of aromatic amines is 1. The molecule has 0 amide bonds. The Hall–Kier alpha value is -2.30. The number of nitrogens with two attached hydrogens (primary N) is 1. The number of halogens is 1. The summed E-state index contributed by atoms with van der Waals surface area (Å²) in [7, 11) is 1.75. The number of ether oxygens (including phenoxy) is 1. The monoisotopic (exact) mass is 422 g/mol. The highest BCUT2D eigenvalue weighted by Crippen LogP contribution is 2.41. The average molecular weight is 423 g/mol. The van der Waals surface area contributed by atoms with Crippen molar-refractivity contribution in [1.29, 1.82) is 0 Å². The van der Waals surface area contributed by atoms with Gasteiger partial charge in [-0.05, 0) is 64.8 Å². The number of aryl methyl sites for hydroxylation is 1. The average Bonchev–Trinajstić information content (AvgIpc) is 3.07. The van der Waals surface area contributed by atoms with Crippen molar-refractivity contribution in [3.05, 3.63) is 64.6 Å². The molecule has 0 atom stereocenters. The molecule has 0 saturated heterocycles. The third kappa shape index (κ3) is 3.24. The van der Waals surface area contributed by atoms with Gasteiger partial charge >= 0.3 is 0 Å². The Morgan fingerprint density at radius 3 is 2.59 bits per heavy atom. The summed E-state index contributed by atoms with van der Waals surface area (Å²) in [5.41, 5.74) is 10.4. The molecule has 0 bridgehead atoms. The van der Waals surface area contributed by atoms with E-state index in [4.69, 9.17) is 10.5 Å². The zero-order chi connectivity index (χ0) is 18.8. The summed E-state index contributed by atoms with van der Waals surface area (Å²) in [6.07, 6.45) is 3.08. The summed E-state index contributed by atoms with van der Waals surface area (Å²) in [4.78, 5) is 3.66. The van der Waals surface area contributed by atoms with Crippen LogP contribution in [0.15, 0.2) is 59.1 Å². The van der Waals surface area contributed by atoms with Crippen molar-refractivity contribution in [2.45, 2.75) is 19.3 Å². The largest absolute Gasteiger partial charge is 0.495 e. The maximum atomic E-state index is 5.87. The summed E-state index contributed by atoms with van der Waals surface area (Å²) < 4.78 is 6.94. The Balaban J connectivity index is 1.96. The molecular weight excluding hydrogens is 400 g/mol. The van der Waals surface area contributed by atoms with Crippen LogP contribution in [0.5, 0.6) is 5.75 Å². The fourth-order valence-electron chi connectivity index (χ4n) is 3.83. The van der Waals surface area contributed by atoms with Crippen LogP contribution in [-0.4, -0.2) is 18.6 Å². The van der Waals surface area contributed by atoms with Crippen LogP contribution in [0.2, 0.25) is 0 Å². The number of aromatic nitrogens is 1.